The first kappa shape index (κ1) is 10.0. The maximum absolute atomic E-state index is 4.69. The van der Waals surface area contributed by atoms with Crippen LogP contribution in [-0.2, 0) is 0 Å². The Morgan fingerprint density at radius 1 is 1.25 bits per heavy atom. The number of aromatic nitrogens is 2. The summed E-state index contributed by atoms with van der Waals surface area (Å²) < 4.78 is 0. The molecule has 2 heterocycles. The second kappa shape index (κ2) is 4.37. The maximum atomic E-state index is 4.69. The highest BCUT2D eigenvalue weighted by atomic mass is 15.3. The van der Waals surface area contributed by atoms with Crippen LogP contribution in [0.2, 0.25) is 0 Å². The highest BCUT2D eigenvalue weighted by molar-refractivity contribution is 5.32. The predicted octanol–water partition coefficient (Wildman–Crippen LogP) is 1.15. The summed E-state index contributed by atoms with van der Waals surface area (Å²) in [5.41, 5.74) is 1.24. The average molecular weight is 218 g/mol. The van der Waals surface area contributed by atoms with E-state index in [2.05, 4.69) is 26.3 Å². The van der Waals surface area contributed by atoms with Crippen molar-refractivity contribution in [2.75, 3.05) is 31.1 Å². The van der Waals surface area contributed by atoms with Crippen LogP contribution in [0.4, 0.5) is 5.95 Å². The van der Waals surface area contributed by atoms with E-state index in [1.54, 1.807) is 0 Å². The summed E-state index contributed by atoms with van der Waals surface area (Å²) in [7, 11) is 0. The molecule has 86 valence electrons. The van der Waals surface area contributed by atoms with Crippen LogP contribution < -0.4 is 10.2 Å². The van der Waals surface area contributed by atoms with Gasteiger partial charge in [0.25, 0.3) is 0 Å². The van der Waals surface area contributed by atoms with Crippen LogP contribution >= 0.6 is 0 Å². The number of rotatable bonds is 2. The molecular formula is C12H18N4. The molecule has 1 aromatic rings. The third kappa shape index (κ3) is 2.16. The van der Waals surface area contributed by atoms with Gasteiger partial charge >= 0.3 is 0 Å². The van der Waals surface area contributed by atoms with Gasteiger partial charge < -0.3 is 10.2 Å². The van der Waals surface area contributed by atoms with Gasteiger partial charge in [-0.25, -0.2) is 9.97 Å². The fourth-order valence-corrected chi connectivity index (χ4v) is 2.17. The van der Waals surface area contributed by atoms with Gasteiger partial charge in [-0.1, -0.05) is 0 Å². The van der Waals surface area contributed by atoms with Gasteiger partial charge in [-0.05, 0) is 31.9 Å². The first-order chi connectivity index (χ1) is 7.93. The van der Waals surface area contributed by atoms with Crippen LogP contribution in [-0.4, -0.2) is 36.1 Å². The molecule has 16 heavy (non-hydrogen) atoms. The molecule has 1 saturated heterocycles. The highest BCUT2D eigenvalue weighted by Gasteiger charge is 2.25. The maximum Gasteiger partial charge on any atom is 0.225 e. The van der Waals surface area contributed by atoms with Crippen molar-refractivity contribution in [3.05, 3.63) is 18.0 Å². The smallest absolute Gasteiger partial charge is 0.225 e. The Hall–Kier alpha value is -1.16. The van der Waals surface area contributed by atoms with Crippen molar-refractivity contribution in [2.24, 2.45) is 0 Å². The largest absolute Gasteiger partial charge is 0.339 e. The lowest BCUT2D eigenvalue weighted by molar-refractivity contribution is 0.724. The Kier molecular flexibility index (Phi) is 2.74. The number of hydrogen-bond acceptors (Lipinski definition) is 4. The molecule has 0 spiro atoms. The van der Waals surface area contributed by atoms with Crippen molar-refractivity contribution >= 4 is 5.95 Å². The quantitative estimate of drug-likeness (QED) is 0.808. The van der Waals surface area contributed by atoms with Gasteiger partial charge in [0.2, 0.25) is 5.95 Å². The average Bonchev–Trinajstić information content (AvgIpc) is 3.17. The van der Waals surface area contributed by atoms with Crippen molar-refractivity contribution in [1.82, 2.24) is 15.3 Å². The summed E-state index contributed by atoms with van der Waals surface area (Å²) in [6.07, 6.45) is 5.70. The second-order valence-electron chi connectivity index (χ2n) is 4.65. The molecule has 1 aliphatic carbocycles. The molecule has 1 aromatic heterocycles. The van der Waals surface area contributed by atoms with E-state index in [1.165, 1.54) is 25.0 Å². The molecule has 3 rings (SSSR count). The van der Waals surface area contributed by atoms with Crippen molar-refractivity contribution in [3.8, 4) is 0 Å². The first-order valence-electron chi connectivity index (χ1n) is 6.22. The molecule has 0 unspecified atom stereocenters. The number of hydrogen-bond donors (Lipinski definition) is 1. The molecule has 1 aliphatic heterocycles. The van der Waals surface area contributed by atoms with Gasteiger partial charge in [0, 0.05) is 37.4 Å². The molecule has 4 nitrogen and oxygen atoms in total. The van der Waals surface area contributed by atoms with E-state index >= 15 is 0 Å². The van der Waals surface area contributed by atoms with Crippen LogP contribution in [0.1, 0.15) is 30.9 Å². The molecule has 2 aliphatic rings. The van der Waals surface area contributed by atoms with E-state index in [1.807, 2.05) is 6.20 Å². The summed E-state index contributed by atoms with van der Waals surface area (Å²) in [4.78, 5) is 11.4. The molecule has 4 heteroatoms. The predicted molar refractivity (Wildman–Crippen MR) is 63.7 cm³/mol. The minimum absolute atomic E-state index is 0.715. The fourth-order valence-electron chi connectivity index (χ4n) is 2.17. The zero-order chi connectivity index (χ0) is 10.8. The lowest BCUT2D eigenvalue weighted by Gasteiger charge is -2.19. The lowest BCUT2D eigenvalue weighted by Crippen LogP contribution is -2.29. The van der Waals surface area contributed by atoms with Gasteiger partial charge in [-0.2, -0.15) is 0 Å². The standard InChI is InChI=1S/C12H18N4/c1-5-13-7-9-16(8-1)12-14-6-4-11(15-12)10-2-3-10/h4,6,10,13H,1-3,5,7-9H2. The van der Waals surface area contributed by atoms with Crippen molar-refractivity contribution in [1.29, 1.82) is 0 Å². The van der Waals surface area contributed by atoms with Gasteiger partial charge in [0.1, 0.15) is 0 Å². The number of anilines is 1. The molecule has 2 fully saturated rings. The Morgan fingerprint density at radius 3 is 3.06 bits per heavy atom. The monoisotopic (exact) mass is 218 g/mol. The van der Waals surface area contributed by atoms with Gasteiger partial charge in [0.05, 0.1) is 0 Å². The van der Waals surface area contributed by atoms with Gasteiger partial charge in [-0.15, -0.1) is 0 Å². The second-order valence-corrected chi connectivity index (χ2v) is 4.65. The third-order valence-corrected chi connectivity index (χ3v) is 3.28. The SMILES string of the molecule is c1cc(C2CC2)nc(N2CCCNCC2)n1. The van der Waals surface area contributed by atoms with Crippen LogP contribution in [0.25, 0.3) is 0 Å². The molecule has 1 N–H and O–H groups in total. The Morgan fingerprint density at radius 2 is 2.19 bits per heavy atom. The topological polar surface area (TPSA) is 41.1 Å². The molecular weight excluding hydrogens is 200 g/mol. The van der Waals surface area contributed by atoms with Crippen LogP contribution in [0, 0.1) is 0 Å². The Labute approximate surface area is 96.1 Å². The van der Waals surface area contributed by atoms with E-state index in [-0.39, 0.29) is 0 Å². The van der Waals surface area contributed by atoms with Crippen LogP contribution in [0.3, 0.4) is 0 Å². The molecule has 1 saturated carbocycles. The minimum atomic E-state index is 0.715. The lowest BCUT2D eigenvalue weighted by atomic mass is 10.3. The van der Waals surface area contributed by atoms with Crippen molar-refractivity contribution < 1.29 is 0 Å². The van der Waals surface area contributed by atoms with E-state index in [4.69, 9.17) is 0 Å². The van der Waals surface area contributed by atoms with E-state index < -0.39 is 0 Å². The molecule has 0 bridgehead atoms. The minimum Gasteiger partial charge on any atom is -0.339 e. The van der Waals surface area contributed by atoms with Gasteiger partial charge in [0.15, 0.2) is 0 Å². The van der Waals surface area contributed by atoms with E-state index in [0.717, 1.165) is 32.1 Å². The van der Waals surface area contributed by atoms with Gasteiger partial charge in [-0.3, -0.25) is 0 Å². The van der Waals surface area contributed by atoms with E-state index in [9.17, 15) is 0 Å². The first-order valence-corrected chi connectivity index (χ1v) is 6.22. The Balaban J connectivity index is 1.78. The highest BCUT2D eigenvalue weighted by Crippen LogP contribution is 2.39. The van der Waals surface area contributed by atoms with Crippen LogP contribution in [0.5, 0.6) is 0 Å². The molecule has 0 atom stereocenters. The summed E-state index contributed by atoms with van der Waals surface area (Å²) in [6.45, 7) is 4.24. The number of nitrogens with one attached hydrogen (secondary N) is 1. The zero-order valence-electron chi connectivity index (χ0n) is 9.52. The van der Waals surface area contributed by atoms with Crippen LogP contribution in [0.15, 0.2) is 12.3 Å². The normalized spacial score (nSPS) is 21.9. The van der Waals surface area contributed by atoms with Crippen molar-refractivity contribution in [3.63, 3.8) is 0 Å². The molecule has 0 radical (unpaired) electrons. The third-order valence-electron chi connectivity index (χ3n) is 3.28. The molecule has 0 aromatic carbocycles. The zero-order valence-corrected chi connectivity index (χ0v) is 9.52. The van der Waals surface area contributed by atoms with Crippen molar-refractivity contribution in [2.45, 2.75) is 25.2 Å². The fraction of sp³-hybridized carbons (Fsp3) is 0.667. The summed E-state index contributed by atoms with van der Waals surface area (Å²) in [5.74, 6) is 1.64. The molecule has 0 amide bonds. The number of nitrogens with zero attached hydrogens (tertiary/aromatic N) is 3. The summed E-state index contributed by atoms with van der Waals surface area (Å²) in [5, 5.41) is 3.40. The summed E-state index contributed by atoms with van der Waals surface area (Å²) in [6, 6.07) is 2.07. The summed E-state index contributed by atoms with van der Waals surface area (Å²) >= 11 is 0. The Bertz CT molecular complexity index is 354. The van der Waals surface area contributed by atoms with E-state index in [0.29, 0.717) is 5.92 Å².